The lowest BCUT2D eigenvalue weighted by atomic mass is 10.0. The molecule has 1 aliphatic carbocycles. The Labute approximate surface area is 66.7 Å². The molecule has 0 aliphatic heterocycles. The molecule has 0 saturated heterocycles. The van der Waals surface area contributed by atoms with Crippen molar-refractivity contribution in [3.05, 3.63) is 34.9 Å². The lowest BCUT2D eigenvalue weighted by molar-refractivity contribution is 0.963. The first-order chi connectivity index (χ1) is 4.84. The zero-order chi connectivity index (χ0) is 7.40. The van der Waals surface area contributed by atoms with Gasteiger partial charge in [-0.05, 0) is 23.8 Å². The maximum atomic E-state index is 5.63. The molecular formula is C8H11NS. The summed E-state index contributed by atoms with van der Waals surface area (Å²) in [5.41, 5.74) is 7.61. The molecule has 0 bridgehead atoms. The molecule has 0 aromatic rings. The van der Waals surface area contributed by atoms with Crippen molar-refractivity contribution in [2.24, 2.45) is 5.73 Å². The van der Waals surface area contributed by atoms with Crippen LogP contribution >= 0.6 is 12.6 Å². The highest BCUT2D eigenvalue weighted by Gasteiger charge is 2.00. The molecule has 0 aromatic carbocycles. The van der Waals surface area contributed by atoms with E-state index in [0.29, 0.717) is 0 Å². The average Bonchev–Trinajstić information content (AvgIpc) is 2.05. The summed E-state index contributed by atoms with van der Waals surface area (Å²) in [5.74, 6) is 0. The highest BCUT2D eigenvalue weighted by Crippen LogP contribution is 2.16. The van der Waals surface area contributed by atoms with E-state index in [1.54, 1.807) is 5.41 Å². The minimum absolute atomic E-state index is 0.785. The molecule has 0 heterocycles. The van der Waals surface area contributed by atoms with Gasteiger partial charge in [0.05, 0.1) is 0 Å². The van der Waals surface area contributed by atoms with Gasteiger partial charge in [0, 0.05) is 5.70 Å². The summed E-state index contributed by atoms with van der Waals surface area (Å²) in [6.45, 7) is 0. The first kappa shape index (κ1) is 7.48. The van der Waals surface area contributed by atoms with E-state index < -0.39 is 0 Å². The van der Waals surface area contributed by atoms with Crippen LogP contribution in [0.1, 0.15) is 12.8 Å². The van der Waals surface area contributed by atoms with Gasteiger partial charge in [0.15, 0.2) is 0 Å². The predicted octanol–water partition coefficient (Wildman–Crippen LogP) is 1.99. The molecule has 0 atom stereocenters. The quantitative estimate of drug-likeness (QED) is 0.554. The topological polar surface area (TPSA) is 26.0 Å². The maximum absolute atomic E-state index is 5.63. The van der Waals surface area contributed by atoms with E-state index in [1.807, 2.05) is 12.2 Å². The lowest BCUT2D eigenvalue weighted by Crippen LogP contribution is -2.01. The molecule has 0 saturated carbocycles. The Morgan fingerprint density at radius 1 is 1.70 bits per heavy atom. The van der Waals surface area contributed by atoms with Crippen LogP contribution in [0, 0.1) is 0 Å². The summed E-state index contributed by atoms with van der Waals surface area (Å²) < 4.78 is 0. The largest absolute Gasteiger partial charge is 0.398 e. The van der Waals surface area contributed by atoms with Crippen molar-refractivity contribution in [1.82, 2.24) is 0 Å². The first-order valence-corrected chi connectivity index (χ1v) is 3.82. The molecule has 10 heavy (non-hydrogen) atoms. The number of hydrogen-bond acceptors (Lipinski definition) is 2. The Balaban J connectivity index is 2.72. The SMILES string of the molecule is N/C(=C\S)C1=CC=CCC1. The second-order valence-electron chi connectivity index (χ2n) is 2.24. The van der Waals surface area contributed by atoms with Gasteiger partial charge in [-0.3, -0.25) is 0 Å². The van der Waals surface area contributed by atoms with Crippen molar-refractivity contribution in [2.45, 2.75) is 12.8 Å². The van der Waals surface area contributed by atoms with Crippen molar-refractivity contribution in [3.63, 3.8) is 0 Å². The van der Waals surface area contributed by atoms with Crippen molar-refractivity contribution < 1.29 is 0 Å². The third-order valence-electron chi connectivity index (χ3n) is 1.52. The van der Waals surface area contributed by atoms with E-state index in [9.17, 15) is 0 Å². The van der Waals surface area contributed by atoms with Gasteiger partial charge in [-0.1, -0.05) is 18.2 Å². The van der Waals surface area contributed by atoms with Crippen LogP contribution in [0.2, 0.25) is 0 Å². The molecule has 0 radical (unpaired) electrons. The fourth-order valence-corrected chi connectivity index (χ4v) is 1.09. The van der Waals surface area contributed by atoms with Crippen LogP contribution in [0.15, 0.2) is 34.9 Å². The van der Waals surface area contributed by atoms with Gasteiger partial charge in [-0.2, -0.15) is 0 Å². The Kier molecular flexibility index (Phi) is 2.63. The number of nitrogens with two attached hydrogens (primary N) is 1. The van der Waals surface area contributed by atoms with Crippen LogP contribution in [0.5, 0.6) is 0 Å². The van der Waals surface area contributed by atoms with Gasteiger partial charge >= 0.3 is 0 Å². The second kappa shape index (κ2) is 3.52. The molecule has 54 valence electrons. The number of rotatable bonds is 1. The predicted molar refractivity (Wildman–Crippen MR) is 47.7 cm³/mol. The zero-order valence-corrected chi connectivity index (χ0v) is 6.64. The van der Waals surface area contributed by atoms with Gasteiger partial charge in [0.25, 0.3) is 0 Å². The number of thiol groups is 1. The van der Waals surface area contributed by atoms with Gasteiger partial charge in [0.1, 0.15) is 0 Å². The van der Waals surface area contributed by atoms with E-state index in [0.717, 1.165) is 18.5 Å². The summed E-state index contributed by atoms with van der Waals surface area (Å²) in [6.07, 6.45) is 8.33. The van der Waals surface area contributed by atoms with Crippen LogP contribution in [-0.2, 0) is 0 Å². The fraction of sp³-hybridized carbons (Fsp3) is 0.250. The van der Waals surface area contributed by atoms with Crippen molar-refractivity contribution in [3.8, 4) is 0 Å². The summed E-state index contributed by atoms with van der Waals surface area (Å²) in [7, 11) is 0. The van der Waals surface area contributed by atoms with Crippen LogP contribution in [0.25, 0.3) is 0 Å². The first-order valence-electron chi connectivity index (χ1n) is 3.30. The van der Waals surface area contributed by atoms with Crippen LogP contribution in [0.4, 0.5) is 0 Å². The maximum Gasteiger partial charge on any atom is 0.0408 e. The summed E-state index contributed by atoms with van der Waals surface area (Å²) in [4.78, 5) is 0. The molecule has 2 N–H and O–H groups in total. The molecule has 1 nitrogen and oxygen atoms in total. The van der Waals surface area contributed by atoms with Crippen molar-refractivity contribution in [1.29, 1.82) is 0 Å². The number of hydrogen-bond donors (Lipinski definition) is 2. The fourth-order valence-electron chi connectivity index (χ4n) is 0.926. The lowest BCUT2D eigenvalue weighted by Gasteiger charge is -2.07. The summed E-state index contributed by atoms with van der Waals surface area (Å²) in [6, 6.07) is 0. The molecule has 0 aromatic heterocycles. The Morgan fingerprint density at radius 2 is 2.50 bits per heavy atom. The monoisotopic (exact) mass is 153 g/mol. The summed E-state index contributed by atoms with van der Waals surface area (Å²) in [5, 5.41) is 1.64. The normalized spacial score (nSPS) is 18.9. The third-order valence-corrected chi connectivity index (χ3v) is 1.80. The molecule has 0 unspecified atom stereocenters. The third kappa shape index (κ3) is 1.67. The van der Waals surface area contributed by atoms with Gasteiger partial charge < -0.3 is 5.73 Å². The van der Waals surface area contributed by atoms with E-state index in [-0.39, 0.29) is 0 Å². The molecule has 2 heteroatoms. The van der Waals surface area contributed by atoms with E-state index in [4.69, 9.17) is 5.73 Å². The molecule has 0 spiro atoms. The number of allylic oxidation sites excluding steroid dienone is 4. The zero-order valence-electron chi connectivity index (χ0n) is 5.75. The second-order valence-corrected chi connectivity index (χ2v) is 2.50. The van der Waals surface area contributed by atoms with Crippen molar-refractivity contribution >= 4 is 12.6 Å². The van der Waals surface area contributed by atoms with Crippen molar-refractivity contribution in [2.75, 3.05) is 0 Å². The minimum atomic E-state index is 0.785. The molecular weight excluding hydrogens is 142 g/mol. The highest BCUT2D eigenvalue weighted by molar-refractivity contribution is 7.83. The Morgan fingerprint density at radius 3 is 3.00 bits per heavy atom. The standard InChI is InChI=1S/C8H11NS/c9-8(6-10)7-4-2-1-3-5-7/h1-2,4,6,10H,3,5,9H2/b8-6-. The average molecular weight is 153 g/mol. The molecule has 1 rings (SSSR count). The molecule has 0 fully saturated rings. The van der Waals surface area contributed by atoms with Crippen LogP contribution in [0.3, 0.4) is 0 Å². The smallest absolute Gasteiger partial charge is 0.0408 e. The van der Waals surface area contributed by atoms with Crippen LogP contribution < -0.4 is 5.73 Å². The summed E-state index contributed by atoms with van der Waals surface area (Å²) >= 11 is 3.97. The molecule has 1 aliphatic rings. The van der Waals surface area contributed by atoms with E-state index in [2.05, 4.69) is 18.7 Å². The van der Waals surface area contributed by atoms with E-state index >= 15 is 0 Å². The Bertz CT molecular complexity index is 201. The van der Waals surface area contributed by atoms with Gasteiger partial charge in [-0.25, -0.2) is 0 Å². The Hall–Kier alpha value is -0.630. The van der Waals surface area contributed by atoms with Crippen LogP contribution in [-0.4, -0.2) is 0 Å². The molecule has 0 amide bonds. The van der Waals surface area contributed by atoms with E-state index in [1.165, 1.54) is 5.57 Å². The van der Waals surface area contributed by atoms with Gasteiger partial charge in [-0.15, -0.1) is 12.6 Å². The highest BCUT2D eigenvalue weighted by atomic mass is 32.1. The minimum Gasteiger partial charge on any atom is -0.398 e. The van der Waals surface area contributed by atoms with Gasteiger partial charge in [0.2, 0.25) is 0 Å².